The van der Waals surface area contributed by atoms with Crippen LogP contribution in [0.2, 0.25) is 0 Å². The van der Waals surface area contributed by atoms with Crippen molar-refractivity contribution >= 4 is 35.1 Å². The van der Waals surface area contributed by atoms with Gasteiger partial charge < -0.3 is 9.47 Å². The molecular weight excluding hydrogens is 392 g/mol. The molecule has 8 heteroatoms. The van der Waals surface area contributed by atoms with Crippen LogP contribution in [0.5, 0.6) is 0 Å². The van der Waals surface area contributed by atoms with Crippen molar-refractivity contribution in [3.05, 3.63) is 34.8 Å². The van der Waals surface area contributed by atoms with Crippen molar-refractivity contribution in [3.63, 3.8) is 0 Å². The van der Waals surface area contributed by atoms with Gasteiger partial charge in [-0.3, -0.25) is 28.8 Å². The molecule has 0 radical (unpaired) electrons. The molecule has 0 saturated carbocycles. The Morgan fingerprint density at radius 3 is 1.73 bits per heavy atom. The lowest BCUT2D eigenvalue weighted by Crippen LogP contribution is -2.44. The second kappa shape index (κ2) is 7.59. The number of allylic oxidation sites excluding steroid dienone is 6. The number of esters is 2. The van der Waals surface area contributed by atoms with E-state index < -0.39 is 51.8 Å². The Morgan fingerprint density at radius 2 is 1.23 bits per heavy atom. The third kappa shape index (κ3) is 3.81. The van der Waals surface area contributed by atoms with Crippen LogP contribution in [0.1, 0.15) is 48.5 Å². The zero-order valence-electron chi connectivity index (χ0n) is 18.0. The quantitative estimate of drug-likeness (QED) is 0.390. The van der Waals surface area contributed by atoms with Crippen molar-refractivity contribution in [2.45, 2.75) is 48.5 Å². The standard InChI is InChI=1S/C22H24O8/c1-10(13-8-15(29-11(2)23)19(27)21(4,5)17(13)25)14-9-16(30-12(3)24)20(28)22(6,7)18(14)26/h8-9,13H,1-7H3. The molecule has 160 valence electrons. The second-order valence-electron chi connectivity index (χ2n) is 8.40. The number of carbonyl (C=O) groups is 6. The summed E-state index contributed by atoms with van der Waals surface area (Å²) in [5, 5.41) is 0. The van der Waals surface area contributed by atoms with E-state index in [0.717, 1.165) is 19.9 Å². The average Bonchev–Trinajstić information content (AvgIpc) is 2.62. The monoisotopic (exact) mass is 416 g/mol. The topological polar surface area (TPSA) is 121 Å². The predicted molar refractivity (Wildman–Crippen MR) is 103 cm³/mol. The molecule has 0 N–H and O–H groups in total. The maximum Gasteiger partial charge on any atom is 0.308 e. The maximum absolute atomic E-state index is 13.0. The third-order valence-corrected chi connectivity index (χ3v) is 5.29. The van der Waals surface area contributed by atoms with E-state index >= 15 is 0 Å². The van der Waals surface area contributed by atoms with E-state index in [-0.39, 0.29) is 22.7 Å². The van der Waals surface area contributed by atoms with Crippen molar-refractivity contribution in [1.29, 1.82) is 0 Å². The summed E-state index contributed by atoms with van der Waals surface area (Å²) < 4.78 is 9.96. The summed E-state index contributed by atoms with van der Waals surface area (Å²) in [4.78, 5) is 73.9. The molecule has 2 aliphatic carbocycles. The molecule has 0 aromatic carbocycles. The van der Waals surface area contributed by atoms with Crippen LogP contribution in [-0.2, 0) is 38.2 Å². The van der Waals surface area contributed by atoms with Gasteiger partial charge in [0.15, 0.2) is 23.1 Å². The highest BCUT2D eigenvalue weighted by atomic mass is 16.5. The highest BCUT2D eigenvalue weighted by Gasteiger charge is 2.49. The number of rotatable bonds is 3. The van der Waals surface area contributed by atoms with Gasteiger partial charge >= 0.3 is 11.9 Å². The first-order valence-corrected chi connectivity index (χ1v) is 9.32. The number of hydrogen-bond donors (Lipinski definition) is 0. The van der Waals surface area contributed by atoms with Crippen LogP contribution >= 0.6 is 0 Å². The van der Waals surface area contributed by atoms with Crippen LogP contribution < -0.4 is 0 Å². The SMILES string of the molecule is CC(=O)OC1=CC(=C(C)C2C=C(OC(C)=O)C(=O)C(C)(C)C2=O)C(=O)C(C)(C)C1=O. The highest BCUT2D eigenvalue weighted by Crippen LogP contribution is 2.40. The molecule has 1 atom stereocenters. The Morgan fingerprint density at radius 1 is 0.767 bits per heavy atom. The Kier molecular flexibility index (Phi) is 5.85. The van der Waals surface area contributed by atoms with Gasteiger partial charge in [0, 0.05) is 19.4 Å². The largest absolute Gasteiger partial charge is 0.423 e. The summed E-state index contributed by atoms with van der Waals surface area (Å²) in [6, 6.07) is 0. The summed E-state index contributed by atoms with van der Waals surface area (Å²) >= 11 is 0. The molecular formula is C22H24O8. The molecule has 0 aliphatic heterocycles. The van der Waals surface area contributed by atoms with Crippen LogP contribution in [0.4, 0.5) is 0 Å². The third-order valence-electron chi connectivity index (χ3n) is 5.29. The van der Waals surface area contributed by atoms with Gasteiger partial charge in [-0.15, -0.1) is 0 Å². The van der Waals surface area contributed by atoms with Crippen LogP contribution in [0.25, 0.3) is 0 Å². The van der Waals surface area contributed by atoms with Gasteiger partial charge in [0.25, 0.3) is 0 Å². The molecule has 0 amide bonds. The Bertz CT molecular complexity index is 985. The van der Waals surface area contributed by atoms with Gasteiger partial charge in [0.1, 0.15) is 0 Å². The van der Waals surface area contributed by atoms with Gasteiger partial charge in [-0.05, 0) is 52.3 Å². The first kappa shape index (κ1) is 23.1. The molecule has 8 nitrogen and oxygen atoms in total. The minimum Gasteiger partial charge on any atom is -0.423 e. The normalized spacial score (nSPS) is 24.7. The number of Topliss-reactive ketones (excluding diaryl/α,β-unsaturated/α-hetero) is 4. The predicted octanol–water partition coefficient (Wildman–Crippen LogP) is 2.17. The van der Waals surface area contributed by atoms with Crippen LogP contribution in [-0.4, -0.2) is 35.1 Å². The van der Waals surface area contributed by atoms with Gasteiger partial charge in [0.2, 0.25) is 11.6 Å². The molecule has 0 spiro atoms. The lowest BCUT2D eigenvalue weighted by molar-refractivity contribution is -0.147. The molecule has 2 aliphatic rings. The van der Waals surface area contributed by atoms with E-state index in [1.807, 2.05) is 0 Å². The number of hydrogen-bond acceptors (Lipinski definition) is 8. The fraction of sp³-hybridized carbons (Fsp3) is 0.455. The number of ether oxygens (including phenoxy) is 2. The van der Waals surface area contributed by atoms with Crippen molar-refractivity contribution in [3.8, 4) is 0 Å². The summed E-state index contributed by atoms with van der Waals surface area (Å²) in [5.41, 5.74) is -2.72. The summed E-state index contributed by atoms with van der Waals surface area (Å²) in [7, 11) is 0. The number of ketones is 4. The van der Waals surface area contributed by atoms with Gasteiger partial charge in [-0.2, -0.15) is 0 Å². The summed E-state index contributed by atoms with van der Waals surface area (Å²) in [6.07, 6.45) is 2.35. The van der Waals surface area contributed by atoms with E-state index in [1.54, 1.807) is 0 Å². The maximum atomic E-state index is 13.0. The van der Waals surface area contributed by atoms with Crippen molar-refractivity contribution < 1.29 is 38.2 Å². The molecule has 0 bridgehead atoms. The van der Waals surface area contributed by atoms with Gasteiger partial charge in [-0.25, -0.2) is 0 Å². The van der Waals surface area contributed by atoms with Crippen LogP contribution in [0.3, 0.4) is 0 Å². The van der Waals surface area contributed by atoms with E-state index in [0.29, 0.717) is 0 Å². The smallest absolute Gasteiger partial charge is 0.308 e. The van der Waals surface area contributed by atoms with E-state index in [9.17, 15) is 28.8 Å². The molecule has 2 rings (SSSR count). The molecule has 1 unspecified atom stereocenters. The van der Waals surface area contributed by atoms with Crippen molar-refractivity contribution in [1.82, 2.24) is 0 Å². The summed E-state index contributed by atoms with van der Waals surface area (Å²) in [6.45, 7) is 9.39. The molecule has 0 heterocycles. The fourth-order valence-corrected chi connectivity index (χ4v) is 3.37. The van der Waals surface area contributed by atoms with Gasteiger partial charge in [-0.1, -0.05) is 0 Å². The zero-order valence-corrected chi connectivity index (χ0v) is 18.0. The highest BCUT2D eigenvalue weighted by molar-refractivity contribution is 6.24. The molecule has 0 saturated heterocycles. The molecule has 0 aromatic heterocycles. The Balaban J connectivity index is 2.73. The minimum atomic E-state index is -1.51. The van der Waals surface area contributed by atoms with E-state index in [2.05, 4.69) is 0 Å². The minimum absolute atomic E-state index is 0.0257. The first-order chi connectivity index (χ1) is 13.6. The number of carbonyl (C=O) groups excluding carboxylic acids is 6. The first-order valence-electron chi connectivity index (χ1n) is 9.32. The molecule has 30 heavy (non-hydrogen) atoms. The second-order valence-corrected chi connectivity index (χ2v) is 8.40. The lowest BCUT2D eigenvalue weighted by atomic mass is 9.68. The van der Waals surface area contributed by atoms with Crippen molar-refractivity contribution in [2.75, 3.05) is 0 Å². The Labute approximate surface area is 174 Å². The molecule has 0 aromatic rings. The van der Waals surface area contributed by atoms with Crippen LogP contribution in [0, 0.1) is 16.7 Å². The average molecular weight is 416 g/mol. The lowest BCUT2D eigenvalue weighted by Gasteiger charge is -2.33. The Hall–Kier alpha value is -3.16. The molecule has 0 fully saturated rings. The fourth-order valence-electron chi connectivity index (χ4n) is 3.37. The van der Waals surface area contributed by atoms with Crippen LogP contribution in [0.15, 0.2) is 34.8 Å². The summed E-state index contributed by atoms with van der Waals surface area (Å²) in [5.74, 6) is -5.41. The van der Waals surface area contributed by atoms with Gasteiger partial charge in [0.05, 0.1) is 16.7 Å². The van der Waals surface area contributed by atoms with E-state index in [1.165, 1.54) is 40.7 Å². The van der Waals surface area contributed by atoms with Crippen molar-refractivity contribution in [2.24, 2.45) is 16.7 Å². The van der Waals surface area contributed by atoms with E-state index in [4.69, 9.17) is 9.47 Å². The zero-order chi connectivity index (χ0) is 23.2.